The summed E-state index contributed by atoms with van der Waals surface area (Å²) in [5.41, 5.74) is -0.00925. The third-order valence-electron chi connectivity index (χ3n) is 10.2. The summed E-state index contributed by atoms with van der Waals surface area (Å²) in [4.78, 5) is 33.6. The fraction of sp³-hybridized carbons (Fsp3) is 0.528. The lowest BCUT2D eigenvalue weighted by atomic mass is 10.0. The molecule has 1 aromatic heterocycles. The number of benzene rings is 2. The van der Waals surface area contributed by atoms with Gasteiger partial charge in [0.2, 0.25) is 0 Å². The van der Waals surface area contributed by atoms with Gasteiger partial charge in [0, 0.05) is 37.3 Å². The van der Waals surface area contributed by atoms with Crippen LogP contribution in [-0.4, -0.2) is 94.1 Å². The van der Waals surface area contributed by atoms with Crippen molar-refractivity contribution in [3.8, 4) is 11.3 Å². The Balaban J connectivity index is 1.72. The number of rotatable bonds is 12. The molecule has 2 heterocycles. The predicted molar refractivity (Wildman–Crippen MR) is 186 cm³/mol. The number of alkyl halides is 1. The van der Waals surface area contributed by atoms with E-state index in [-0.39, 0.29) is 49.1 Å². The van der Waals surface area contributed by atoms with Crippen LogP contribution in [0, 0.1) is 17.6 Å². The molecule has 14 heteroatoms. The largest absolute Gasteiger partial charge is 0.465 e. The number of hydrogen-bond donors (Lipinski definition) is 3. The highest BCUT2D eigenvalue weighted by Gasteiger charge is 2.60. The highest BCUT2D eigenvalue weighted by Crippen LogP contribution is 2.56. The number of nitrogens with one attached hydrogen (secondary N) is 1. The number of amides is 3. The molecule has 0 bridgehead atoms. The maximum Gasteiger partial charge on any atom is 0.407 e. The van der Waals surface area contributed by atoms with E-state index in [1.807, 2.05) is 30.3 Å². The van der Waals surface area contributed by atoms with Crippen molar-refractivity contribution in [3.05, 3.63) is 77.8 Å². The summed E-state index contributed by atoms with van der Waals surface area (Å²) >= 11 is 0. The molecule has 10 nitrogen and oxygen atoms in total. The van der Waals surface area contributed by atoms with Crippen molar-refractivity contribution in [1.29, 1.82) is 0 Å². The summed E-state index contributed by atoms with van der Waals surface area (Å²) in [6.07, 6.45) is -0.0968. The Morgan fingerprint density at radius 2 is 1.82 bits per heavy atom. The lowest BCUT2D eigenvalue weighted by Crippen LogP contribution is -2.55. The number of imidazole rings is 1. The van der Waals surface area contributed by atoms with Crippen LogP contribution in [-0.2, 0) is 11.0 Å². The number of carbonyl (C=O) groups is 2. The van der Waals surface area contributed by atoms with Gasteiger partial charge in [-0.2, -0.15) is 0 Å². The van der Waals surface area contributed by atoms with Crippen molar-refractivity contribution in [1.82, 2.24) is 24.7 Å². The monoisotopic (exact) mass is 715 g/mol. The van der Waals surface area contributed by atoms with Crippen molar-refractivity contribution >= 4 is 20.4 Å². The molecule has 3 aromatic rings. The summed E-state index contributed by atoms with van der Waals surface area (Å²) in [7, 11) is -2.55. The van der Waals surface area contributed by atoms with E-state index in [2.05, 4.69) is 39.2 Å². The molecule has 0 radical (unpaired) electrons. The number of carboxylic acid groups (broad SMARTS) is 1. The number of likely N-dealkylation sites (tertiary alicyclic amines) is 1. The van der Waals surface area contributed by atoms with Gasteiger partial charge in [0.05, 0.1) is 30.5 Å². The number of hydrogen-bond acceptors (Lipinski definition) is 5. The fourth-order valence-corrected chi connectivity index (χ4v) is 7.95. The highest BCUT2D eigenvalue weighted by molar-refractivity contribution is 6.74. The van der Waals surface area contributed by atoms with Crippen molar-refractivity contribution in [2.45, 2.75) is 89.1 Å². The number of carbonyl (C=O) groups excluding carboxylic acids is 1. The number of urea groups is 1. The maximum absolute atomic E-state index is 15.6. The Labute approximate surface area is 292 Å². The summed E-state index contributed by atoms with van der Waals surface area (Å²) in [6, 6.07) is 10.4. The minimum absolute atomic E-state index is 0.0615. The molecular formula is C36H48F3N5O5Si. The second kappa shape index (κ2) is 14.4. The summed E-state index contributed by atoms with van der Waals surface area (Å²) in [5.74, 6) is -1.86. The van der Waals surface area contributed by atoms with Crippen molar-refractivity contribution in [3.63, 3.8) is 0 Å². The number of aliphatic hydroxyl groups excluding tert-OH is 1. The SMILES string of the molecule is C[C@@H](CO)NC(=O)N(CC1CN(C(=O)O)CC1F)[C@@H](c1nc(-c2cc(F)ccc2F)cn1Cc1ccccc1)C1(O[Si](C)(C)C(C)(C)C)CC1. The minimum atomic E-state index is -2.55. The Hall–Kier alpha value is -3.88. The third-order valence-corrected chi connectivity index (χ3v) is 14.8. The molecule has 1 aliphatic heterocycles. The maximum atomic E-state index is 15.6. The van der Waals surface area contributed by atoms with Crippen LogP contribution >= 0.6 is 0 Å². The molecule has 0 spiro atoms. The summed E-state index contributed by atoms with van der Waals surface area (Å²) in [6.45, 7) is 11.4. The van der Waals surface area contributed by atoms with Crippen molar-refractivity contribution in [2.24, 2.45) is 5.92 Å². The normalized spacial score (nSPS) is 20.0. The van der Waals surface area contributed by atoms with Crippen molar-refractivity contribution < 1.29 is 37.4 Å². The van der Waals surface area contributed by atoms with Gasteiger partial charge in [0.1, 0.15) is 29.7 Å². The van der Waals surface area contributed by atoms with E-state index in [9.17, 15) is 24.2 Å². The van der Waals surface area contributed by atoms with Crippen LogP contribution in [0.3, 0.4) is 0 Å². The zero-order valence-corrected chi connectivity index (χ0v) is 30.5. The van der Waals surface area contributed by atoms with E-state index in [1.54, 1.807) is 17.7 Å². The van der Waals surface area contributed by atoms with E-state index in [0.29, 0.717) is 18.7 Å². The zero-order valence-electron chi connectivity index (χ0n) is 29.5. The third kappa shape index (κ3) is 8.02. The Morgan fingerprint density at radius 1 is 1.14 bits per heavy atom. The number of halogens is 3. The van der Waals surface area contributed by atoms with Crippen LogP contribution in [0.2, 0.25) is 18.1 Å². The van der Waals surface area contributed by atoms with E-state index in [4.69, 9.17) is 9.41 Å². The van der Waals surface area contributed by atoms with Gasteiger partial charge in [-0.15, -0.1) is 0 Å². The lowest BCUT2D eigenvalue weighted by Gasteiger charge is -2.45. The van der Waals surface area contributed by atoms with Crippen LogP contribution in [0.5, 0.6) is 0 Å². The second-order valence-electron chi connectivity index (χ2n) is 15.2. The Bertz CT molecular complexity index is 1680. The fourth-order valence-electron chi connectivity index (χ4n) is 6.31. The van der Waals surface area contributed by atoms with Gasteiger partial charge in [0.25, 0.3) is 0 Å². The van der Waals surface area contributed by atoms with Gasteiger partial charge < -0.3 is 34.3 Å². The van der Waals surface area contributed by atoms with Gasteiger partial charge in [0.15, 0.2) is 8.32 Å². The molecule has 1 saturated heterocycles. The number of aliphatic hydroxyl groups is 1. The second-order valence-corrected chi connectivity index (χ2v) is 19.9. The Kier molecular flexibility index (Phi) is 10.8. The van der Waals surface area contributed by atoms with Gasteiger partial charge in [-0.1, -0.05) is 51.1 Å². The van der Waals surface area contributed by atoms with Crippen LogP contribution in [0.15, 0.2) is 54.7 Å². The smallest absolute Gasteiger partial charge is 0.407 e. The predicted octanol–water partition coefficient (Wildman–Crippen LogP) is 6.81. The molecule has 2 fully saturated rings. The number of nitrogens with zero attached hydrogens (tertiary/aromatic N) is 4. The van der Waals surface area contributed by atoms with Crippen LogP contribution in [0.25, 0.3) is 11.3 Å². The first kappa shape index (κ1) is 37.4. The molecule has 3 N–H and O–H groups in total. The van der Waals surface area contributed by atoms with Gasteiger partial charge in [-0.05, 0) is 61.7 Å². The lowest BCUT2D eigenvalue weighted by molar-refractivity contribution is 0.0361. The molecule has 4 atom stereocenters. The molecule has 2 aromatic carbocycles. The van der Waals surface area contributed by atoms with Crippen LogP contribution in [0.1, 0.15) is 58.0 Å². The van der Waals surface area contributed by atoms with Crippen LogP contribution in [0.4, 0.5) is 22.8 Å². The average molecular weight is 716 g/mol. The zero-order chi connectivity index (χ0) is 36.6. The van der Waals surface area contributed by atoms with Gasteiger partial charge >= 0.3 is 12.1 Å². The van der Waals surface area contributed by atoms with Gasteiger partial charge in [-0.3, -0.25) is 0 Å². The summed E-state index contributed by atoms with van der Waals surface area (Å²) < 4.78 is 54.4. The quantitative estimate of drug-likeness (QED) is 0.177. The van der Waals surface area contributed by atoms with E-state index >= 15 is 8.78 Å². The van der Waals surface area contributed by atoms with E-state index < -0.39 is 61.9 Å². The first-order valence-electron chi connectivity index (χ1n) is 17.0. The van der Waals surface area contributed by atoms with E-state index in [0.717, 1.165) is 28.7 Å². The number of aromatic nitrogens is 2. The molecule has 1 aliphatic carbocycles. The molecular weight excluding hydrogens is 668 g/mol. The van der Waals surface area contributed by atoms with Crippen molar-refractivity contribution in [2.75, 3.05) is 26.2 Å². The molecule has 2 unspecified atom stereocenters. The molecule has 272 valence electrons. The molecule has 3 amide bonds. The topological polar surface area (TPSA) is 120 Å². The minimum Gasteiger partial charge on any atom is -0.465 e. The molecule has 5 rings (SSSR count). The molecule has 50 heavy (non-hydrogen) atoms. The van der Waals surface area contributed by atoms with Crippen LogP contribution < -0.4 is 5.32 Å². The van der Waals surface area contributed by atoms with E-state index in [1.165, 1.54) is 4.90 Å². The molecule has 2 aliphatic rings. The Morgan fingerprint density at radius 3 is 2.40 bits per heavy atom. The highest BCUT2D eigenvalue weighted by atomic mass is 28.4. The van der Waals surface area contributed by atoms with Gasteiger partial charge in [-0.25, -0.2) is 27.7 Å². The molecule has 1 saturated carbocycles. The first-order chi connectivity index (χ1) is 23.4. The standard InChI is InChI=1S/C36H48F3N5O5Si/c1-23(22-45)40-33(46)44(19-25-18-43(34(47)48)20-29(25)39)31(36(14-15-36)49-50(5,6)35(2,3)4)32-41-30(27-16-26(37)12-13-28(27)38)21-42(32)17-24-10-8-7-9-11-24/h7-13,16,21,23,25,29,31,45H,14-15,17-20,22H2,1-6H3,(H,40,46)(H,47,48)/t23-,25?,29?,31-/m0/s1. The first-order valence-corrected chi connectivity index (χ1v) is 19.9. The summed E-state index contributed by atoms with van der Waals surface area (Å²) in [5, 5.41) is 22.1. The average Bonchev–Trinajstić information content (AvgIpc) is 3.53.